The van der Waals surface area contributed by atoms with Gasteiger partial charge in [-0.3, -0.25) is 0 Å². The van der Waals surface area contributed by atoms with Gasteiger partial charge in [-0.1, -0.05) is 11.6 Å². The Morgan fingerprint density at radius 2 is 2.16 bits per heavy atom. The van der Waals surface area contributed by atoms with Gasteiger partial charge in [0.25, 0.3) is 0 Å². The highest BCUT2D eigenvalue weighted by molar-refractivity contribution is 6.31. The molecule has 0 saturated carbocycles. The Balaban J connectivity index is 2.25. The van der Waals surface area contributed by atoms with Crippen LogP contribution >= 0.6 is 11.6 Å². The number of nitrogens with zero attached hydrogens (tertiary/aromatic N) is 3. The molecule has 19 heavy (non-hydrogen) atoms. The molecule has 2 aromatic heterocycles. The average Bonchev–Trinajstić information content (AvgIpc) is 2.89. The SMILES string of the molecule is CCOc1ccc(Cl)cc1-c1cccn2ncnc12. The smallest absolute Gasteiger partial charge is 0.163 e. The third-order valence-electron chi connectivity index (χ3n) is 2.84. The summed E-state index contributed by atoms with van der Waals surface area (Å²) in [6, 6.07) is 9.49. The summed E-state index contributed by atoms with van der Waals surface area (Å²) in [6.07, 6.45) is 3.39. The van der Waals surface area contributed by atoms with E-state index in [1.807, 2.05) is 43.5 Å². The first-order valence-corrected chi connectivity index (χ1v) is 6.38. The number of halogens is 1. The molecule has 0 atom stereocenters. The summed E-state index contributed by atoms with van der Waals surface area (Å²) in [5.74, 6) is 0.794. The molecule has 0 unspecified atom stereocenters. The second-order valence-corrected chi connectivity index (χ2v) is 4.46. The van der Waals surface area contributed by atoms with Gasteiger partial charge in [-0.15, -0.1) is 0 Å². The molecule has 0 aliphatic heterocycles. The van der Waals surface area contributed by atoms with Crippen LogP contribution in [0.3, 0.4) is 0 Å². The Hall–Kier alpha value is -2.07. The zero-order chi connectivity index (χ0) is 13.2. The molecule has 0 radical (unpaired) electrons. The van der Waals surface area contributed by atoms with E-state index in [1.165, 1.54) is 6.33 Å². The van der Waals surface area contributed by atoms with Gasteiger partial charge in [0, 0.05) is 22.3 Å². The van der Waals surface area contributed by atoms with Crippen molar-refractivity contribution in [3.8, 4) is 16.9 Å². The van der Waals surface area contributed by atoms with Crippen LogP contribution in [0.1, 0.15) is 6.92 Å². The molecule has 5 heteroatoms. The summed E-state index contributed by atoms with van der Waals surface area (Å²) in [5.41, 5.74) is 2.66. The molecule has 0 saturated heterocycles. The van der Waals surface area contributed by atoms with Crippen LogP contribution in [0.2, 0.25) is 5.02 Å². The summed E-state index contributed by atoms with van der Waals surface area (Å²) < 4.78 is 7.38. The highest BCUT2D eigenvalue weighted by Crippen LogP contribution is 2.34. The predicted octanol–water partition coefficient (Wildman–Crippen LogP) is 3.45. The molecular formula is C14H12ClN3O. The van der Waals surface area contributed by atoms with Crippen molar-refractivity contribution >= 4 is 17.2 Å². The van der Waals surface area contributed by atoms with E-state index in [0.29, 0.717) is 11.6 Å². The number of hydrogen-bond donors (Lipinski definition) is 0. The second-order valence-electron chi connectivity index (χ2n) is 4.02. The van der Waals surface area contributed by atoms with Gasteiger partial charge in [0.15, 0.2) is 5.65 Å². The molecular weight excluding hydrogens is 262 g/mol. The minimum atomic E-state index is 0.602. The molecule has 0 aliphatic rings. The minimum Gasteiger partial charge on any atom is -0.493 e. The topological polar surface area (TPSA) is 39.4 Å². The van der Waals surface area contributed by atoms with Crippen molar-refractivity contribution in [1.82, 2.24) is 14.6 Å². The number of pyridine rings is 1. The summed E-state index contributed by atoms with van der Waals surface area (Å²) in [5, 5.41) is 4.80. The van der Waals surface area contributed by atoms with Crippen LogP contribution in [-0.2, 0) is 0 Å². The molecule has 96 valence electrons. The molecule has 0 aliphatic carbocycles. The van der Waals surface area contributed by atoms with Crippen LogP contribution < -0.4 is 4.74 Å². The van der Waals surface area contributed by atoms with Crippen molar-refractivity contribution in [2.24, 2.45) is 0 Å². The molecule has 2 heterocycles. The first-order valence-electron chi connectivity index (χ1n) is 6.00. The monoisotopic (exact) mass is 273 g/mol. The Labute approximate surface area is 115 Å². The van der Waals surface area contributed by atoms with Gasteiger partial charge in [-0.2, -0.15) is 5.10 Å². The van der Waals surface area contributed by atoms with Crippen molar-refractivity contribution < 1.29 is 4.74 Å². The van der Waals surface area contributed by atoms with Crippen LogP contribution in [0.25, 0.3) is 16.8 Å². The van der Waals surface area contributed by atoms with Crippen molar-refractivity contribution in [3.05, 3.63) is 47.9 Å². The van der Waals surface area contributed by atoms with Gasteiger partial charge in [-0.05, 0) is 37.3 Å². The van der Waals surface area contributed by atoms with E-state index in [9.17, 15) is 0 Å². The number of rotatable bonds is 3. The molecule has 4 nitrogen and oxygen atoms in total. The predicted molar refractivity (Wildman–Crippen MR) is 74.6 cm³/mol. The van der Waals surface area contributed by atoms with Crippen LogP contribution in [0.5, 0.6) is 5.75 Å². The number of fused-ring (bicyclic) bond motifs is 1. The molecule has 0 N–H and O–H groups in total. The number of aromatic nitrogens is 3. The quantitative estimate of drug-likeness (QED) is 0.734. The lowest BCUT2D eigenvalue weighted by Crippen LogP contribution is -1.96. The summed E-state index contributed by atoms with van der Waals surface area (Å²) in [4.78, 5) is 4.28. The fourth-order valence-electron chi connectivity index (χ4n) is 2.05. The third-order valence-corrected chi connectivity index (χ3v) is 3.07. The van der Waals surface area contributed by atoms with Crippen LogP contribution in [0, 0.1) is 0 Å². The van der Waals surface area contributed by atoms with E-state index in [0.717, 1.165) is 22.5 Å². The fraction of sp³-hybridized carbons (Fsp3) is 0.143. The molecule has 3 rings (SSSR count). The lowest BCUT2D eigenvalue weighted by Gasteiger charge is -2.11. The van der Waals surface area contributed by atoms with E-state index in [-0.39, 0.29) is 0 Å². The highest BCUT2D eigenvalue weighted by atomic mass is 35.5. The number of benzene rings is 1. The van der Waals surface area contributed by atoms with E-state index in [1.54, 1.807) is 4.52 Å². The van der Waals surface area contributed by atoms with E-state index in [2.05, 4.69) is 10.1 Å². The van der Waals surface area contributed by atoms with Gasteiger partial charge < -0.3 is 4.74 Å². The zero-order valence-corrected chi connectivity index (χ0v) is 11.1. The van der Waals surface area contributed by atoms with E-state index in [4.69, 9.17) is 16.3 Å². The summed E-state index contributed by atoms with van der Waals surface area (Å²) in [6.45, 7) is 2.56. The van der Waals surface area contributed by atoms with Crippen molar-refractivity contribution in [3.63, 3.8) is 0 Å². The number of hydrogen-bond acceptors (Lipinski definition) is 3. The van der Waals surface area contributed by atoms with Crippen molar-refractivity contribution in [2.45, 2.75) is 6.92 Å². The molecule has 1 aromatic carbocycles. The Morgan fingerprint density at radius 1 is 1.26 bits per heavy atom. The molecule has 0 bridgehead atoms. The molecule has 0 fully saturated rings. The fourth-order valence-corrected chi connectivity index (χ4v) is 2.22. The molecule has 3 aromatic rings. The van der Waals surface area contributed by atoms with Gasteiger partial charge in [0.1, 0.15) is 12.1 Å². The minimum absolute atomic E-state index is 0.602. The van der Waals surface area contributed by atoms with E-state index < -0.39 is 0 Å². The van der Waals surface area contributed by atoms with Crippen LogP contribution in [0.4, 0.5) is 0 Å². The second kappa shape index (κ2) is 4.90. The van der Waals surface area contributed by atoms with Gasteiger partial charge in [0.2, 0.25) is 0 Å². The van der Waals surface area contributed by atoms with Crippen LogP contribution in [0.15, 0.2) is 42.9 Å². The highest BCUT2D eigenvalue weighted by Gasteiger charge is 2.11. The lowest BCUT2D eigenvalue weighted by atomic mass is 10.1. The Morgan fingerprint density at radius 3 is 3.00 bits per heavy atom. The largest absolute Gasteiger partial charge is 0.493 e. The molecule has 0 amide bonds. The lowest BCUT2D eigenvalue weighted by molar-refractivity contribution is 0.341. The molecule has 0 spiro atoms. The van der Waals surface area contributed by atoms with Gasteiger partial charge in [0.05, 0.1) is 6.61 Å². The van der Waals surface area contributed by atoms with Gasteiger partial charge >= 0.3 is 0 Å². The standard InChI is InChI=1S/C14H12ClN3O/c1-2-19-13-6-5-10(15)8-12(13)11-4-3-7-18-14(11)16-9-17-18/h3-9H,2H2,1H3. The summed E-state index contributed by atoms with van der Waals surface area (Å²) >= 11 is 6.09. The van der Waals surface area contributed by atoms with Crippen molar-refractivity contribution in [1.29, 1.82) is 0 Å². The first kappa shape index (κ1) is 12.0. The van der Waals surface area contributed by atoms with Crippen molar-refractivity contribution in [2.75, 3.05) is 6.61 Å². The average molecular weight is 274 g/mol. The third kappa shape index (κ3) is 2.15. The number of ether oxygens (including phenoxy) is 1. The maximum absolute atomic E-state index is 6.09. The Bertz CT molecular complexity index is 724. The summed E-state index contributed by atoms with van der Waals surface area (Å²) in [7, 11) is 0. The maximum atomic E-state index is 6.09. The van der Waals surface area contributed by atoms with Gasteiger partial charge in [-0.25, -0.2) is 9.50 Å². The van der Waals surface area contributed by atoms with Crippen LogP contribution in [-0.4, -0.2) is 21.2 Å². The zero-order valence-electron chi connectivity index (χ0n) is 10.4. The normalized spacial score (nSPS) is 10.8. The van der Waals surface area contributed by atoms with E-state index >= 15 is 0 Å². The Kier molecular flexibility index (Phi) is 3.09. The first-order chi connectivity index (χ1) is 9.29. The maximum Gasteiger partial charge on any atom is 0.163 e.